The van der Waals surface area contributed by atoms with Crippen LogP contribution in [0.25, 0.3) is 0 Å². The second-order valence-electron chi connectivity index (χ2n) is 6.11. The van der Waals surface area contributed by atoms with Crippen molar-refractivity contribution in [3.63, 3.8) is 0 Å². The molecular formula is C16H25ClN2O4S. The van der Waals surface area contributed by atoms with Crippen molar-refractivity contribution in [1.29, 1.82) is 0 Å². The fraction of sp³-hybridized carbons (Fsp3) is 0.562. The molecule has 2 unspecified atom stereocenters. The summed E-state index contributed by atoms with van der Waals surface area (Å²) in [5.41, 5.74) is 6.62. The van der Waals surface area contributed by atoms with E-state index in [4.69, 9.17) is 5.73 Å². The monoisotopic (exact) mass is 376 g/mol. The maximum absolute atomic E-state index is 13.1. The van der Waals surface area contributed by atoms with E-state index in [1.54, 1.807) is 19.1 Å². The summed E-state index contributed by atoms with van der Waals surface area (Å²) >= 11 is 0. The smallest absolute Gasteiger partial charge is 0.337 e. The number of piperidine rings is 1. The van der Waals surface area contributed by atoms with Gasteiger partial charge in [0.15, 0.2) is 0 Å². The van der Waals surface area contributed by atoms with Crippen molar-refractivity contribution in [2.24, 2.45) is 11.7 Å². The number of halogens is 1. The number of methoxy groups -OCH3 is 1. The Kier molecular flexibility index (Phi) is 7.22. The average molecular weight is 377 g/mol. The van der Waals surface area contributed by atoms with Crippen LogP contribution in [-0.4, -0.2) is 44.9 Å². The number of aryl methyl sites for hydroxylation is 1. The topological polar surface area (TPSA) is 89.7 Å². The molecule has 1 aliphatic heterocycles. The van der Waals surface area contributed by atoms with Crippen LogP contribution in [0.3, 0.4) is 0 Å². The van der Waals surface area contributed by atoms with Crippen LogP contribution in [0.4, 0.5) is 0 Å². The van der Waals surface area contributed by atoms with Crippen LogP contribution in [0.15, 0.2) is 23.1 Å². The lowest BCUT2D eigenvalue weighted by molar-refractivity contribution is 0.0600. The Morgan fingerprint density at radius 3 is 2.67 bits per heavy atom. The molecule has 24 heavy (non-hydrogen) atoms. The first-order chi connectivity index (χ1) is 10.8. The van der Waals surface area contributed by atoms with Crippen molar-refractivity contribution in [3.8, 4) is 0 Å². The highest BCUT2D eigenvalue weighted by molar-refractivity contribution is 7.89. The van der Waals surface area contributed by atoms with Crippen molar-refractivity contribution in [2.45, 2.75) is 37.6 Å². The van der Waals surface area contributed by atoms with E-state index < -0.39 is 16.0 Å². The molecule has 1 fully saturated rings. The molecule has 1 heterocycles. The van der Waals surface area contributed by atoms with E-state index >= 15 is 0 Å². The number of sulfonamides is 1. The molecule has 0 spiro atoms. The van der Waals surface area contributed by atoms with Gasteiger partial charge in [0.1, 0.15) is 0 Å². The number of carbonyl (C=O) groups is 1. The summed E-state index contributed by atoms with van der Waals surface area (Å²) in [4.78, 5) is 11.8. The van der Waals surface area contributed by atoms with Crippen LogP contribution in [0.2, 0.25) is 0 Å². The van der Waals surface area contributed by atoms with E-state index in [1.807, 2.05) is 0 Å². The van der Waals surface area contributed by atoms with Crippen molar-refractivity contribution in [1.82, 2.24) is 4.31 Å². The second-order valence-corrected chi connectivity index (χ2v) is 7.97. The molecule has 136 valence electrons. The summed E-state index contributed by atoms with van der Waals surface area (Å²) in [6.45, 7) is 4.57. The van der Waals surface area contributed by atoms with Gasteiger partial charge in [-0.1, -0.05) is 13.0 Å². The molecule has 1 aromatic rings. The normalized spacial score (nSPS) is 21.8. The zero-order chi connectivity index (χ0) is 17.2. The Morgan fingerprint density at radius 2 is 2.08 bits per heavy atom. The molecular weight excluding hydrogens is 352 g/mol. The molecule has 0 aliphatic carbocycles. The van der Waals surface area contributed by atoms with Crippen molar-refractivity contribution in [2.75, 3.05) is 20.2 Å². The van der Waals surface area contributed by atoms with E-state index in [1.165, 1.54) is 17.5 Å². The first-order valence-electron chi connectivity index (χ1n) is 7.72. The minimum absolute atomic E-state index is 0. The van der Waals surface area contributed by atoms with Gasteiger partial charge in [-0.3, -0.25) is 0 Å². The van der Waals surface area contributed by atoms with Gasteiger partial charge in [-0.2, -0.15) is 4.31 Å². The van der Waals surface area contributed by atoms with Crippen molar-refractivity contribution >= 4 is 28.4 Å². The number of carbonyl (C=O) groups excluding carboxylic acids is 1. The molecule has 8 heteroatoms. The molecule has 1 aromatic carbocycles. The minimum atomic E-state index is -3.70. The van der Waals surface area contributed by atoms with Gasteiger partial charge in [0.2, 0.25) is 10.0 Å². The highest BCUT2D eigenvalue weighted by atomic mass is 35.5. The summed E-state index contributed by atoms with van der Waals surface area (Å²) in [6.07, 6.45) is 1.57. The Balaban J connectivity index is 0.00000288. The first kappa shape index (κ1) is 20.9. The quantitative estimate of drug-likeness (QED) is 0.811. The van der Waals surface area contributed by atoms with E-state index in [0.717, 1.165) is 12.8 Å². The van der Waals surface area contributed by atoms with Crippen LogP contribution in [0, 0.1) is 12.8 Å². The summed E-state index contributed by atoms with van der Waals surface area (Å²) in [5.74, 6) is -0.0957. The zero-order valence-corrected chi connectivity index (χ0v) is 15.8. The van der Waals surface area contributed by atoms with E-state index in [0.29, 0.717) is 24.6 Å². The average Bonchev–Trinajstić information content (AvgIpc) is 2.53. The largest absolute Gasteiger partial charge is 0.465 e. The minimum Gasteiger partial charge on any atom is -0.465 e. The lowest BCUT2D eigenvalue weighted by atomic mass is 9.94. The summed E-state index contributed by atoms with van der Waals surface area (Å²) in [5, 5.41) is 0. The number of ether oxygens (including phenoxy) is 1. The molecule has 1 saturated heterocycles. The molecule has 2 atom stereocenters. The van der Waals surface area contributed by atoms with Gasteiger partial charge in [0.05, 0.1) is 17.6 Å². The van der Waals surface area contributed by atoms with Gasteiger partial charge >= 0.3 is 5.97 Å². The fourth-order valence-electron chi connectivity index (χ4n) is 3.01. The predicted molar refractivity (Wildman–Crippen MR) is 94.9 cm³/mol. The molecule has 0 amide bonds. The van der Waals surface area contributed by atoms with Gasteiger partial charge in [-0.05, 0) is 43.4 Å². The van der Waals surface area contributed by atoms with E-state index in [9.17, 15) is 13.2 Å². The third kappa shape index (κ3) is 4.08. The lowest BCUT2D eigenvalue weighted by Crippen LogP contribution is -2.49. The van der Waals surface area contributed by atoms with Gasteiger partial charge < -0.3 is 10.5 Å². The van der Waals surface area contributed by atoms with E-state index in [2.05, 4.69) is 11.7 Å². The molecule has 1 aliphatic rings. The van der Waals surface area contributed by atoms with Crippen molar-refractivity contribution < 1.29 is 17.9 Å². The summed E-state index contributed by atoms with van der Waals surface area (Å²) < 4.78 is 32.3. The van der Waals surface area contributed by atoms with Gasteiger partial charge in [-0.15, -0.1) is 12.4 Å². The van der Waals surface area contributed by atoms with E-state index in [-0.39, 0.29) is 28.9 Å². The van der Waals surface area contributed by atoms with Gasteiger partial charge in [-0.25, -0.2) is 13.2 Å². The molecule has 0 saturated carbocycles. The second kappa shape index (κ2) is 8.29. The lowest BCUT2D eigenvalue weighted by Gasteiger charge is -2.37. The molecule has 0 aromatic heterocycles. The third-order valence-corrected chi connectivity index (χ3v) is 6.49. The number of benzene rings is 1. The number of esters is 1. The number of nitrogens with zero attached hydrogens (tertiary/aromatic N) is 1. The zero-order valence-electron chi connectivity index (χ0n) is 14.2. The highest BCUT2D eigenvalue weighted by Crippen LogP contribution is 2.29. The first-order valence-corrected chi connectivity index (χ1v) is 9.16. The summed E-state index contributed by atoms with van der Waals surface area (Å²) in [6, 6.07) is 4.38. The molecule has 2 rings (SSSR count). The third-order valence-electron chi connectivity index (χ3n) is 4.39. The Morgan fingerprint density at radius 1 is 1.42 bits per heavy atom. The van der Waals surface area contributed by atoms with Crippen molar-refractivity contribution in [3.05, 3.63) is 29.3 Å². The van der Waals surface area contributed by atoms with Crippen LogP contribution in [0.5, 0.6) is 0 Å². The highest BCUT2D eigenvalue weighted by Gasteiger charge is 2.36. The predicted octanol–water partition coefficient (Wildman–Crippen LogP) is 1.95. The molecule has 2 N–H and O–H groups in total. The SMILES string of the molecule is COC(=O)c1ccc(C)c(S(=O)(=O)N2CCC(C)CC2CN)c1.Cl. The maximum atomic E-state index is 13.1. The van der Waals surface area contributed by atoms with Crippen LogP contribution in [-0.2, 0) is 14.8 Å². The molecule has 0 radical (unpaired) electrons. The summed E-state index contributed by atoms with van der Waals surface area (Å²) in [7, 11) is -2.43. The number of hydrogen-bond donors (Lipinski definition) is 1. The number of rotatable bonds is 4. The molecule has 0 bridgehead atoms. The fourth-order valence-corrected chi connectivity index (χ4v) is 4.92. The Labute approximate surface area is 149 Å². The van der Waals surface area contributed by atoms with Crippen LogP contribution >= 0.6 is 12.4 Å². The van der Waals surface area contributed by atoms with Crippen LogP contribution in [0.1, 0.15) is 35.7 Å². The molecule has 6 nitrogen and oxygen atoms in total. The van der Waals surface area contributed by atoms with Gasteiger partial charge in [0.25, 0.3) is 0 Å². The standard InChI is InChI=1S/C16H24N2O4S.ClH/c1-11-6-7-18(14(8-11)10-17)23(20,21)15-9-13(16(19)22-3)5-4-12(15)2;/h4-5,9,11,14H,6-8,10,17H2,1-3H3;1H. The Hall–Kier alpha value is -1.15. The Bertz CT molecular complexity index is 693. The van der Waals surface area contributed by atoms with Crippen LogP contribution < -0.4 is 5.73 Å². The van der Waals surface area contributed by atoms with Gasteiger partial charge in [0, 0.05) is 19.1 Å². The number of nitrogens with two attached hydrogens (primary N) is 1. The number of hydrogen-bond acceptors (Lipinski definition) is 5. The maximum Gasteiger partial charge on any atom is 0.337 e.